The zero-order valence-corrected chi connectivity index (χ0v) is 12.1. The van der Waals surface area contributed by atoms with Crippen LogP contribution in [-0.2, 0) is 9.59 Å². The first kappa shape index (κ1) is 15.4. The Labute approximate surface area is 120 Å². The van der Waals surface area contributed by atoms with Crippen LogP contribution in [0.4, 0.5) is 0 Å². The SMILES string of the molecule is O=C(CN1CCNCC1)NC1CCCCNCCC1=O. The smallest absolute Gasteiger partial charge is 0.234 e. The van der Waals surface area contributed by atoms with Crippen molar-refractivity contribution in [2.45, 2.75) is 31.7 Å². The fourth-order valence-corrected chi connectivity index (χ4v) is 2.74. The molecule has 1 unspecified atom stereocenters. The average Bonchev–Trinajstić information content (AvgIpc) is 2.54. The number of Topliss-reactive ketones (excluding diaryl/α,β-unsaturated/α-hetero) is 1. The maximum atomic E-state index is 12.1. The van der Waals surface area contributed by atoms with Crippen molar-refractivity contribution in [1.82, 2.24) is 20.9 Å². The van der Waals surface area contributed by atoms with Gasteiger partial charge in [-0.1, -0.05) is 0 Å². The second-order valence-electron chi connectivity index (χ2n) is 5.61. The molecule has 0 radical (unpaired) electrons. The Morgan fingerprint density at radius 1 is 1.15 bits per heavy atom. The van der Waals surface area contributed by atoms with Gasteiger partial charge in [0.25, 0.3) is 0 Å². The molecule has 0 aliphatic carbocycles. The third-order valence-corrected chi connectivity index (χ3v) is 3.95. The molecule has 20 heavy (non-hydrogen) atoms. The van der Waals surface area contributed by atoms with E-state index in [1.807, 2.05) is 0 Å². The molecule has 0 saturated carbocycles. The van der Waals surface area contributed by atoms with Crippen LogP contribution < -0.4 is 16.0 Å². The Morgan fingerprint density at radius 2 is 1.90 bits per heavy atom. The van der Waals surface area contributed by atoms with E-state index in [-0.39, 0.29) is 17.7 Å². The summed E-state index contributed by atoms with van der Waals surface area (Å²) in [5, 5.41) is 9.45. The van der Waals surface area contributed by atoms with Gasteiger partial charge in [0.05, 0.1) is 12.6 Å². The van der Waals surface area contributed by atoms with E-state index in [2.05, 4.69) is 20.9 Å². The highest BCUT2D eigenvalue weighted by Gasteiger charge is 2.22. The molecule has 0 aromatic rings. The van der Waals surface area contributed by atoms with Crippen LogP contribution in [-0.4, -0.2) is 68.4 Å². The van der Waals surface area contributed by atoms with E-state index in [1.165, 1.54) is 0 Å². The summed E-state index contributed by atoms with van der Waals surface area (Å²) in [7, 11) is 0. The summed E-state index contributed by atoms with van der Waals surface area (Å²) < 4.78 is 0. The quantitative estimate of drug-likeness (QED) is 0.626. The first-order valence-corrected chi connectivity index (χ1v) is 7.71. The summed E-state index contributed by atoms with van der Waals surface area (Å²) in [6.07, 6.45) is 3.33. The molecule has 0 aromatic heterocycles. The molecule has 2 aliphatic rings. The van der Waals surface area contributed by atoms with Gasteiger partial charge in [0.15, 0.2) is 5.78 Å². The van der Waals surface area contributed by atoms with Crippen molar-refractivity contribution in [2.75, 3.05) is 45.8 Å². The Morgan fingerprint density at radius 3 is 2.70 bits per heavy atom. The van der Waals surface area contributed by atoms with Gasteiger partial charge in [0.2, 0.25) is 5.91 Å². The van der Waals surface area contributed by atoms with E-state index < -0.39 is 0 Å². The van der Waals surface area contributed by atoms with E-state index in [0.717, 1.165) is 58.5 Å². The minimum atomic E-state index is -0.287. The molecule has 114 valence electrons. The number of amides is 1. The summed E-state index contributed by atoms with van der Waals surface area (Å²) in [6, 6.07) is -0.287. The van der Waals surface area contributed by atoms with Gasteiger partial charge in [-0.05, 0) is 25.8 Å². The first-order valence-electron chi connectivity index (χ1n) is 7.71. The van der Waals surface area contributed by atoms with Gasteiger partial charge in [0, 0.05) is 39.1 Å². The van der Waals surface area contributed by atoms with Crippen LogP contribution >= 0.6 is 0 Å². The lowest BCUT2D eigenvalue weighted by atomic mass is 10.0. The molecule has 2 saturated heterocycles. The summed E-state index contributed by atoms with van der Waals surface area (Å²) in [5.74, 6) is 0.144. The summed E-state index contributed by atoms with van der Waals surface area (Å²) in [4.78, 5) is 26.3. The van der Waals surface area contributed by atoms with Crippen molar-refractivity contribution < 1.29 is 9.59 Å². The van der Waals surface area contributed by atoms with Crippen molar-refractivity contribution in [1.29, 1.82) is 0 Å². The number of rotatable bonds is 3. The third kappa shape index (κ3) is 5.19. The van der Waals surface area contributed by atoms with Crippen LogP contribution in [0.25, 0.3) is 0 Å². The molecule has 1 atom stereocenters. The predicted molar refractivity (Wildman–Crippen MR) is 77.6 cm³/mol. The average molecular weight is 282 g/mol. The fraction of sp³-hybridized carbons (Fsp3) is 0.857. The Bertz CT molecular complexity index is 329. The van der Waals surface area contributed by atoms with Crippen LogP contribution in [0.5, 0.6) is 0 Å². The number of piperazine rings is 1. The van der Waals surface area contributed by atoms with E-state index in [9.17, 15) is 9.59 Å². The number of hydrogen-bond acceptors (Lipinski definition) is 5. The highest BCUT2D eigenvalue weighted by Crippen LogP contribution is 2.06. The summed E-state index contributed by atoms with van der Waals surface area (Å²) in [5.41, 5.74) is 0. The van der Waals surface area contributed by atoms with Crippen molar-refractivity contribution in [3.05, 3.63) is 0 Å². The van der Waals surface area contributed by atoms with Gasteiger partial charge in [0.1, 0.15) is 0 Å². The van der Waals surface area contributed by atoms with Gasteiger partial charge in [-0.25, -0.2) is 0 Å². The molecule has 6 heteroatoms. The lowest BCUT2D eigenvalue weighted by Crippen LogP contribution is -2.50. The minimum absolute atomic E-state index is 0.0162. The maximum absolute atomic E-state index is 12.1. The van der Waals surface area contributed by atoms with Crippen LogP contribution in [0, 0.1) is 0 Å². The maximum Gasteiger partial charge on any atom is 0.234 e. The van der Waals surface area contributed by atoms with E-state index in [0.29, 0.717) is 13.0 Å². The van der Waals surface area contributed by atoms with Gasteiger partial charge < -0.3 is 16.0 Å². The molecule has 3 N–H and O–H groups in total. The molecular formula is C14H26N4O2. The largest absolute Gasteiger partial charge is 0.345 e. The summed E-state index contributed by atoms with van der Waals surface area (Å²) >= 11 is 0. The van der Waals surface area contributed by atoms with Gasteiger partial charge in [-0.3, -0.25) is 14.5 Å². The molecule has 2 heterocycles. The highest BCUT2D eigenvalue weighted by atomic mass is 16.2. The topological polar surface area (TPSA) is 73.5 Å². The number of nitrogens with one attached hydrogen (secondary N) is 3. The zero-order chi connectivity index (χ0) is 14.2. The standard InChI is InChI=1S/C14H26N4O2/c19-13-4-6-15-5-2-1-3-12(13)17-14(20)11-18-9-7-16-8-10-18/h12,15-16H,1-11H2,(H,17,20). The number of carbonyl (C=O) groups is 2. The molecule has 0 bridgehead atoms. The number of carbonyl (C=O) groups excluding carboxylic acids is 2. The van der Waals surface area contributed by atoms with E-state index >= 15 is 0 Å². The lowest BCUT2D eigenvalue weighted by molar-refractivity contribution is -0.128. The first-order chi connectivity index (χ1) is 9.75. The fourth-order valence-electron chi connectivity index (χ4n) is 2.74. The molecule has 2 fully saturated rings. The second-order valence-corrected chi connectivity index (χ2v) is 5.61. The van der Waals surface area contributed by atoms with Crippen LogP contribution in [0.2, 0.25) is 0 Å². The normalized spacial score (nSPS) is 26.4. The second kappa shape index (κ2) is 8.34. The molecule has 2 aliphatic heterocycles. The minimum Gasteiger partial charge on any atom is -0.345 e. The Balaban J connectivity index is 1.78. The molecule has 2 rings (SSSR count). The van der Waals surface area contributed by atoms with Crippen molar-refractivity contribution in [3.63, 3.8) is 0 Å². The Kier molecular flexibility index (Phi) is 6.42. The van der Waals surface area contributed by atoms with Gasteiger partial charge in [-0.2, -0.15) is 0 Å². The summed E-state index contributed by atoms with van der Waals surface area (Å²) in [6.45, 7) is 5.76. The number of ketones is 1. The van der Waals surface area contributed by atoms with Crippen molar-refractivity contribution >= 4 is 11.7 Å². The predicted octanol–water partition coefficient (Wildman–Crippen LogP) is -0.891. The van der Waals surface area contributed by atoms with Crippen LogP contribution in [0.1, 0.15) is 25.7 Å². The van der Waals surface area contributed by atoms with Crippen LogP contribution in [0.15, 0.2) is 0 Å². The van der Waals surface area contributed by atoms with Gasteiger partial charge in [-0.15, -0.1) is 0 Å². The van der Waals surface area contributed by atoms with Gasteiger partial charge >= 0.3 is 0 Å². The Hall–Kier alpha value is -0.980. The van der Waals surface area contributed by atoms with Crippen molar-refractivity contribution in [2.24, 2.45) is 0 Å². The monoisotopic (exact) mass is 282 g/mol. The molecule has 0 aromatic carbocycles. The lowest BCUT2D eigenvalue weighted by Gasteiger charge is -2.27. The molecule has 1 amide bonds. The van der Waals surface area contributed by atoms with Crippen molar-refractivity contribution in [3.8, 4) is 0 Å². The third-order valence-electron chi connectivity index (χ3n) is 3.95. The zero-order valence-electron chi connectivity index (χ0n) is 12.1. The molecule has 6 nitrogen and oxygen atoms in total. The molecule has 0 spiro atoms. The highest BCUT2D eigenvalue weighted by molar-refractivity contribution is 5.89. The van der Waals surface area contributed by atoms with Crippen LogP contribution in [0.3, 0.4) is 0 Å². The van der Waals surface area contributed by atoms with E-state index in [1.54, 1.807) is 0 Å². The number of hydrogen-bond donors (Lipinski definition) is 3. The van der Waals surface area contributed by atoms with E-state index in [4.69, 9.17) is 0 Å². The molecular weight excluding hydrogens is 256 g/mol. The number of nitrogens with zero attached hydrogens (tertiary/aromatic N) is 1.